The lowest BCUT2D eigenvalue weighted by molar-refractivity contribution is 0.565. The summed E-state index contributed by atoms with van der Waals surface area (Å²) in [4.78, 5) is 13.0. The maximum atomic E-state index is 12.8. The average Bonchev–Trinajstić information content (AvgIpc) is 2.01. The fraction of sp³-hybridized carbons (Fsp3) is 0. The van der Waals surface area contributed by atoms with Crippen molar-refractivity contribution in [3.8, 4) is 0 Å². The molecule has 1 aromatic rings. The monoisotopic (exact) mass is 249 g/mol. The maximum absolute atomic E-state index is 12.8. The normalized spacial score (nSPS) is 9.25. The quantitative estimate of drug-likeness (QED) is 0.427. The van der Waals surface area contributed by atoms with Crippen LogP contribution in [0.3, 0.4) is 0 Å². The van der Waals surface area contributed by atoms with Crippen LogP contribution in [0.5, 0.6) is 0 Å². The smallest absolute Gasteiger partial charge is 0.211 e. The standard InChI is InChI=1S/C7H2BrClFNO/c8-4-1-5(9)7(11-3-12)2-6(4)10/h1-2H. The van der Waals surface area contributed by atoms with Gasteiger partial charge in [0.05, 0.1) is 15.2 Å². The molecule has 0 N–H and O–H groups in total. The molecule has 0 heterocycles. The number of benzene rings is 1. The Labute approximate surface area is 81.2 Å². The summed E-state index contributed by atoms with van der Waals surface area (Å²) in [5.41, 5.74) is 0.0763. The number of rotatable bonds is 1. The summed E-state index contributed by atoms with van der Waals surface area (Å²) in [6.45, 7) is 0. The molecule has 1 aromatic carbocycles. The first-order valence-corrected chi connectivity index (χ1v) is 4.04. The Hall–Kier alpha value is -0.700. The Bertz CT molecular complexity index is 363. The summed E-state index contributed by atoms with van der Waals surface area (Å²) >= 11 is 8.54. The first kappa shape index (κ1) is 9.39. The molecule has 0 aliphatic rings. The zero-order valence-corrected chi connectivity index (χ0v) is 7.99. The van der Waals surface area contributed by atoms with Gasteiger partial charge in [-0.05, 0) is 22.0 Å². The third-order valence-electron chi connectivity index (χ3n) is 1.16. The van der Waals surface area contributed by atoms with Crippen molar-refractivity contribution in [3.05, 3.63) is 27.4 Å². The van der Waals surface area contributed by atoms with E-state index < -0.39 is 5.82 Å². The van der Waals surface area contributed by atoms with Crippen molar-refractivity contribution >= 4 is 39.3 Å². The third kappa shape index (κ3) is 1.91. The van der Waals surface area contributed by atoms with Crippen LogP contribution in [0.25, 0.3) is 0 Å². The van der Waals surface area contributed by atoms with Gasteiger partial charge in [-0.3, -0.25) is 0 Å². The maximum Gasteiger partial charge on any atom is 0.240 e. The van der Waals surface area contributed by atoms with Gasteiger partial charge in [0.1, 0.15) is 5.82 Å². The molecular weight excluding hydrogens is 248 g/mol. The second kappa shape index (κ2) is 3.81. The molecular formula is C7H2BrClFNO. The minimum atomic E-state index is -0.520. The Kier molecular flexibility index (Phi) is 2.98. The Morgan fingerprint density at radius 3 is 2.83 bits per heavy atom. The Morgan fingerprint density at radius 2 is 2.25 bits per heavy atom. The molecule has 0 aliphatic carbocycles. The van der Waals surface area contributed by atoms with Crippen molar-refractivity contribution in [3.63, 3.8) is 0 Å². The van der Waals surface area contributed by atoms with Crippen molar-refractivity contribution in [1.82, 2.24) is 0 Å². The number of hydrogen-bond donors (Lipinski definition) is 0. The van der Waals surface area contributed by atoms with E-state index in [1.54, 1.807) is 0 Å². The van der Waals surface area contributed by atoms with Crippen LogP contribution in [-0.4, -0.2) is 6.08 Å². The summed E-state index contributed by atoms with van der Waals surface area (Å²) in [7, 11) is 0. The molecule has 0 saturated carbocycles. The van der Waals surface area contributed by atoms with Crippen molar-refractivity contribution in [2.24, 2.45) is 4.99 Å². The number of halogens is 3. The van der Waals surface area contributed by atoms with Gasteiger partial charge in [0.2, 0.25) is 6.08 Å². The molecule has 2 nitrogen and oxygen atoms in total. The van der Waals surface area contributed by atoms with Crippen LogP contribution in [0.2, 0.25) is 5.02 Å². The summed E-state index contributed by atoms with van der Waals surface area (Å²) in [5, 5.41) is 0.201. The fourth-order valence-electron chi connectivity index (χ4n) is 0.647. The number of hydrogen-bond acceptors (Lipinski definition) is 2. The van der Waals surface area contributed by atoms with E-state index in [9.17, 15) is 9.18 Å². The highest BCUT2D eigenvalue weighted by Gasteiger charge is 2.05. The van der Waals surface area contributed by atoms with Crippen molar-refractivity contribution < 1.29 is 9.18 Å². The van der Waals surface area contributed by atoms with Gasteiger partial charge < -0.3 is 0 Å². The second-order valence-electron chi connectivity index (χ2n) is 1.92. The van der Waals surface area contributed by atoms with Crippen LogP contribution >= 0.6 is 27.5 Å². The lowest BCUT2D eigenvalue weighted by atomic mass is 10.3. The van der Waals surface area contributed by atoms with Crippen LogP contribution in [0, 0.1) is 5.82 Å². The van der Waals surface area contributed by atoms with Crippen LogP contribution in [0.1, 0.15) is 0 Å². The Balaban J connectivity index is 3.32. The van der Waals surface area contributed by atoms with Gasteiger partial charge >= 0.3 is 0 Å². The summed E-state index contributed by atoms with van der Waals surface area (Å²) in [6.07, 6.45) is 1.28. The number of isocyanates is 1. The molecule has 0 aromatic heterocycles. The molecule has 62 valence electrons. The minimum absolute atomic E-state index is 0.0763. The van der Waals surface area contributed by atoms with E-state index in [1.165, 1.54) is 12.1 Å². The van der Waals surface area contributed by atoms with E-state index in [-0.39, 0.29) is 15.2 Å². The molecule has 0 atom stereocenters. The molecule has 0 radical (unpaired) electrons. The van der Waals surface area contributed by atoms with Gasteiger partial charge in [0, 0.05) is 6.07 Å². The molecule has 0 spiro atoms. The number of aliphatic imine (C=N–C) groups is 1. The molecule has 0 saturated heterocycles. The molecule has 12 heavy (non-hydrogen) atoms. The first-order chi connectivity index (χ1) is 5.65. The van der Waals surface area contributed by atoms with Crippen molar-refractivity contribution in [2.45, 2.75) is 0 Å². The van der Waals surface area contributed by atoms with Gasteiger partial charge in [-0.1, -0.05) is 11.6 Å². The highest BCUT2D eigenvalue weighted by atomic mass is 79.9. The lowest BCUT2D eigenvalue weighted by Gasteiger charge is -1.97. The summed E-state index contributed by atoms with van der Waals surface area (Å²) in [5.74, 6) is -0.520. The second-order valence-corrected chi connectivity index (χ2v) is 3.18. The van der Waals surface area contributed by atoms with Gasteiger partial charge in [0.25, 0.3) is 0 Å². The Morgan fingerprint density at radius 1 is 1.58 bits per heavy atom. The lowest BCUT2D eigenvalue weighted by Crippen LogP contribution is -1.77. The van der Waals surface area contributed by atoms with Crippen LogP contribution < -0.4 is 0 Å². The number of nitrogens with zero attached hydrogens (tertiary/aromatic N) is 1. The zero-order valence-electron chi connectivity index (χ0n) is 5.64. The molecule has 0 amide bonds. The van der Waals surface area contributed by atoms with Crippen LogP contribution in [-0.2, 0) is 4.79 Å². The largest absolute Gasteiger partial charge is 0.240 e. The van der Waals surface area contributed by atoms with E-state index in [2.05, 4.69) is 20.9 Å². The van der Waals surface area contributed by atoms with E-state index in [0.717, 1.165) is 6.07 Å². The van der Waals surface area contributed by atoms with Gasteiger partial charge in [-0.2, -0.15) is 4.99 Å². The van der Waals surface area contributed by atoms with Gasteiger partial charge in [0.15, 0.2) is 0 Å². The molecule has 0 unspecified atom stereocenters. The minimum Gasteiger partial charge on any atom is -0.211 e. The first-order valence-electron chi connectivity index (χ1n) is 2.87. The highest BCUT2D eigenvalue weighted by molar-refractivity contribution is 9.10. The molecule has 5 heteroatoms. The van der Waals surface area contributed by atoms with E-state index in [1.807, 2.05) is 0 Å². The predicted octanol–water partition coefficient (Wildman–Crippen LogP) is 3.21. The third-order valence-corrected chi connectivity index (χ3v) is 2.07. The fourth-order valence-corrected chi connectivity index (χ4v) is 1.33. The van der Waals surface area contributed by atoms with Gasteiger partial charge in [-0.25, -0.2) is 9.18 Å². The SMILES string of the molecule is O=C=Nc1cc(F)c(Br)cc1Cl. The van der Waals surface area contributed by atoms with Crippen molar-refractivity contribution in [1.29, 1.82) is 0 Å². The van der Waals surface area contributed by atoms with Crippen LogP contribution in [0.4, 0.5) is 10.1 Å². The topological polar surface area (TPSA) is 29.4 Å². The summed E-state index contributed by atoms with van der Waals surface area (Å²) in [6, 6.07) is 2.38. The van der Waals surface area contributed by atoms with Gasteiger partial charge in [-0.15, -0.1) is 0 Å². The van der Waals surface area contributed by atoms with Crippen molar-refractivity contribution in [2.75, 3.05) is 0 Å². The van der Waals surface area contributed by atoms with E-state index in [0.29, 0.717) is 0 Å². The average molecular weight is 250 g/mol. The van der Waals surface area contributed by atoms with E-state index in [4.69, 9.17) is 11.6 Å². The summed E-state index contributed by atoms with van der Waals surface area (Å²) < 4.78 is 13.0. The highest BCUT2D eigenvalue weighted by Crippen LogP contribution is 2.29. The predicted molar refractivity (Wildman–Crippen MR) is 46.9 cm³/mol. The molecule has 0 aliphatic heterocycles. The zero-order chi connectivity index (χ0) is 9.14. The van der Waals surface area contributed by atoms with E-state index >= 15 is 0 Å². The molecule has 1 rings (SSSR count). The molecule has 0 bridgehead atoms. The number of carbonyl (C=O) groups excluding carboxylic acids is 1. The van der Waals surface area contributed by atoms with Crippen LogP contribution in [0.15, 0.2) is 21.6 Å². The molecule has 0 fully saturated rings.